The van der Waals surface area contributed by atoms with Gasteiger partial charge in [-0.1, -0.05) is 18.2 Å². The predicted octanol–water partition coefficient (Wildman–Crippen LogP) is 3.50. The van der Waals surface area contributed by atoms with Crippen LogP contribution in [0.25, 0.3) is 0 Å². The zero-order chi connectivity index (χ0) is 13.9. The molecule has 1 fully saturated rings. The lowest BCUT2D eigenvalue weighted by atomic mass is 10.2. The molecule has 2 aromatic rings. The molecule has 1 N–H and O–H groups in total. The van der Waals surface area contributed by atoms with E-state index in [1.54, 1.807) is 11.8 Å². The van der Waals surface area contributed by atoms with E-state index < -0.39 is 0 Å². The highest BCUT2D eigenvalue weighted by Gasteiger charge is 2.20. The van der Waals surface area contributed by atoms with Crippen molar-refractivity contribution in [3.05, 3.63) is 47.3 Å². The standard InChI is InChI=1S/C16H19N3S/c1-11-9-12(2)19-16(18-11)20-15-6-4-3-5-13(15)10-17-14-7-8-14/h3-6,9,14,17H,7-8,10H2,1-2H3. The molecule has 0 atom stereocenters. The number of rotatable bonds is 5. The summed E-state index contributed by atoms with van der Waals surface area (Å²) in [6.07, 6.45) is 2.63. The Hall–Kier alpha value is -1.39. The summed E-state index contributed by atoms with van der Waals surface area (Å²) in [6, 6.07) is 11.2. The molecule has 1 aromatic carbocycles. The maximum absolute atomic E-state index is 4.51. The Labute approximate surface area is 124 Å². The van der Waals surface area contributed by atoms with E-state index in [1.165, 1.54) is 23.3 Å². The van der Waals surface area contributed by atoms with Gasteiger partial charge in [0.05, 0.1) is 0 Å². The van der Waals surface area contributed by atoms with Gasteiger partial charge in [-0.2, -0.15) is 0 Å². The summed E-state index contributed by atoms with van der Waals surface area (Å²) in [6.45, 7) is 4.96. The van der Waals surface area contributed by atoms with Gasteiger partial charge in [0.1, 0.15) is 0 Å². The minimum atomic E-state index is 0.727. The number of aryl methyl sites for hydroxylation is 2. The van der Waals surface area contributed by atoms with Crippen molar-refractivity contribution in [2.75, 3.05) is 0 Å². The normalized spacial score (nSPS) is 14.5. The Morgan fingerprint density at radius 1 is 1.15 bits per heavy atom. The maximum Gasteiger partial charge on any atom is 0.192 e. The van der Waals surface area contributed by atoms with Crippen molar-refractivity contribution in [3.8, 4) is 0 Å². The van der Waals surface area contributed by atoms with Crippen molar-refractivity contribution < 1.29 is 0 Å². The first kappa shape index (κ1) is 13.6. The fourth-order valence-electron chi connectivity index (χ4n) is 2.13. The lowest BCUT2D eigenvalue weighted by Crippen LogP contribution is -2.15. The van der Waals surface area contributed by atoms with Gasteiger partial charge in [-0.25, -0.2) is 9.97 Å². The molecule has 1 aliphatic rings. The number of nitrogens with zero attached hydrogens (tertiary/aromatic N) is 2. The molecule has 1 saturated carbocycles. The summed E-state index contributed by atoms with van der Waals surface area (Å²) in [5.41, 5.74) is 3.37. The second kappa shape index (κ2) is 5.94. The molecule has 1 heterocycles. The molecular weight excluding hydrogens is 266 g/mol. The zero-order valence-corrected chi connectivity index (χ0v) is 12.7. The summed E-state index contributed by atoms with van der Waals surface area (Å²) >= 11 is 1.65. The van der Waals surface area contributed by atoms with E-state index in [-0.39, 0.29) is 0 Å². The first-order valence-electron chi connectivity index (χ1n) is 7.02. The Balaban J connectivity index is 1.78. The highest BCUT2D eigenvalue weighted by molar-refractivity contribution is 7.99. The van der Waals surface area contributed by atoms with Crippen LogP contribution >= 0.6 is 11.8 Å². The fraction of sp³-hybridized carbons (Fsp3) is 0.375. The van der Waals surface area contributed by atoms with Crippen LogP contribution in [0, 0.1) is 13.8 Å². The van der Waals surface area contributed by atoms with E-state index in [9.17, 15) is 0 Å². The van der Waals surface area contributed by atoms with Crippen LogP contribution in [-0.2, 0) is 6.54 Å². The van der Waals surface area contributed by atoms with Crippen LogP contribution in [0.4, 0.5) is 0 Å². The molecule has 20 heavy (non-hydrogen) atoms. The van der Waals surface area contributed by atoms with Crippen LogP contribution in [0.1, 0.15) is 29.8 Å². The predicted molar refractivity (Wildman–Crippen MR) is 81.9 cm³/mol. The SMILES string of the molecule is Cc1cc(C)nc(Sc2ccccc2CNC2CC2)n1. The summed E-state index contributed by atoms with van der Waals surface area (Å²) in [7, 11) is 0. The monoisotopic (exact) mass is 285 g/mol. The van der Waals surface area contributed by atoms with Gasteiger partial charge in [0.15, 0.2) is 5.16 Å². The summed E-state index contributed by atoms with van der Waals surface area (Å²) < 4.78 is 0. The third kappa shape index (κ3) is 3.58. The highest BCUT2D eigenvalue weighted by atomic mass is 32.2. The van der Waals surface area contributed by atoms with E-state index in [0.717, 1.165) is 29.1 Å². The number of nitrogens with one attached hydrogen (secondary N) is 1. The third-order valence-corrected chi connectivity index (χ3v) is 4.28. The van der Waals surface area contributed by atoms with Crippen LogP contribution in [0.5, 0.6) is 0 Å². The fourth-order valence-corrected chi connectivity index (χ4v) is 3.12. The quantitative estimate of drug-likeness (QED) is 0.853. The lowest BCUT2D eigenvalue weighted by Gasteiger charge is -2.09. The minimum absolute atomic E-state index is 0.727. The van der Waals surface area contributed by atoms with Crippen LogP contribution < -0.4 is 5.32 Å². The molecule has 0 bridgehead atoms. The first-order chi connectivity index (χ1) is 9.70. The Morgan fingerprint density at radius 3 is 2.55 bits per heavy atom. The van der Waals surface area contributed by atoms with E-state index in [4.69, 9.17) is 0 Å². The molecule has 0 saturated heterocycles. The van der Waals surface area contributed by atoms with E-state index in [1.807, 2.05) is 19.9 Å². The summed E-state index contributed by atoms with van der Waals surface area (Å²) in [5.74, 6) is 0. The summed E-state index contributed by atoms with van der Waals surface area (Å²) in [4.78, 5) is 10.3. The molecule has 104 valence electrons. The van der Waals surface area contributed by atoms with Gasteiger partial charge in [-0.05, 0) is 56.1 Å². The average Bonchev–Trinajstić information content (AvgIpc) is 3.20. The Bertz CT molecular complexity index is 588. The van der Waals surface area contributed by atoms with Gasteiger partial charge in [0, 0.05) is 28.9 Å². The molecule has 0 aliphatic heterocycles. The lowest BCUT2D eigenvalue weighted by molar-refractivity contribution is 0.680. The number of aromatic nitrogens is 2. The maximum atomic E-state index is 4.51. The van der Waals surface area contributed by atoms with Crippen LogP contribution in [0.2, 0.25) is 0 Å². The van der Waals surface area contributed by atoms with Gasteiger partial charge in [-0.15, -0.1) is 0 Å². The Morgan fingerprint density at radius 2 is 1.85 bits per heavy atom. The van der Waals surface area contributed by atoms with Crippen molar-refractivity contribution in [1.82, 2.24) is 15.3 Å². The molecule has 1 aromatic heterocycles. The molecule has 0 spiro atoms. The number of hydrogen-bond donors (Lipinski definition) is 1. The van der Waals surface area contributed by atoms with Crippen LogP contribution in [-0.4, -0.2) is 16.0 Å². The molecule has 0 amide bonds. The van der Waals surface area contributed by atoms with E-state index in [0.29, 0.717) is 0 Å². The molecule has 3 nitrogen and oxygen atoms in total. The van der Waals surface area contributed by atoms with Crippen molar-refractivity contribution in [2.45, 2.75) is 49.3 Å². The smallest absolute Gasteiger partial charge is 0.192 e. The number of hydrogen-bond acceptors (Lipinski definition) is 4. The highest BCUT2D eigenvalue weighted by Crippen LogP contribution is 2.29. The van der Waals surface area contributed by atoms with Crippen molar-refractivity contribution >= 4 is 11.8 Å². The topological polar surface area (TPSA) is 37.8 Å². The minimum Gasteiger partial charge on any atom is -0.310 e. The first-order valence-corrected chi connectivity index (χ1v) is 7.84. The van der Waals surface area contributed by atoms with E-state index in [2.05, 4.69) is 39.6 Å². The van der Waals surface area contributed by atoms with Crippen molar-refractivity contribution in [2.24, 2.45) is 0 Å². The second-order valence-corrected chi connectivity index (χ2v) is 6.31. The number of benzene rings is 1. The van der Waals surface area contributed by atoms with Crippen molar-refractivity contribution in [1.29, 1.82) is 0 Å². The van der Waals surface area contributed by atoms with Gasteiger partial charge >= 0.3 is 0 Å². The third-order valence-electron chi connectivity index (χ3n) is 3.29. The van der Waals surface area contributed by atoms with Gasteiger partial charge in [-0.3, -0.25) is 0 Å². The van der Waals surface area contributed by atoms with E-state index >= 15 is 0 Å². The van der Waals surface area contributed by atoms with Gasteiger partial charge in [0.2, 0.25) is 0 Å². The zero-order valence-electron chi connectivity index (χ0n) is 11.9. The van der Waals surface area contributed by atoms with Crippen molar-refractivity contribution in [3.63, 3.8) is 0 Å². The molecule has 4 heteroatoms. The Kier molecular flexibility index (Phi) is 4.03. The second-order valence-electron chi connectivity index (χ2n) is 5.30. The molecule has 1 aliphatic carbocycles. The molecule has 3 rings (SSSR count). The van der Waals surface area contributed by atoms with Crippen LogP contribution in [0.15, 0.2) is 40.4 Å². The van der Waals surface area contributed by atoms with Gasteiger partial charge < -0.3 is 5.32 Å². The molecule has 0 unspecified atom stereocenters. The molecule has 0 radical (unpaired) electrons. The van der Waals surface area contributed by atoms with Crippen LogP contribution in [0.3, 0.4) is 0 Å². The molecular formula is C16H19N3S. The largest absolute Gasteiger partial charge is 0.310 e. The average molecular weight is 285 g/mol. The van der Waals surface area contributed by atoms with Gasteiger partial charge in [0.25, 0.3) is 0 Å². The summed E-state index contributed by atoms with van der Waals surface area (Å²) in [5, 5.41) is 4.40.